The van der Waals surface area contributed by atoms with Gasteiger partial charge in [-0.05, 0) is 67.6 Å². The minimum absolute atomic E-state index is 0.0165. The number of hydrogen-bond acceptors (Lipinski definition) is 5. The van der Waals surface area contributed by atoms with Crippen LogP contribution in [0.3, 0.4) is 0 Å². The highest BCUT2D eigenvalue weighted by Crippen LogP contribution is 2.26. The van der Waals surface area contributed by atoms with Gasteiger partial charge in [0.05, 0.1) is 17.2 Å². The van der Waals surface area contributed by atoms with Crippen LogP contribution in [0.1, 0.15) is 36.9 Å². The summed E-state index contributed by atoms with van der Waals surface area (Å²) in [5, 5.41) is 5.18. The molecule has 0 saturated heterocycles. The van der Waals surface area contributed by atoms with Gasteiger partial charge >= 0.3 is 0 Å². The maximum absolute atomic E-state index is 12.1. The third-order valence-electron chi connectivity index (χ3n) is 4.24. The first-order chi connectivity index (χ1) is 15.0. The van der Waals surface area contributed by atoms with Crippen LogP contribution in [0, 0.1) is 12.8 Å². The van der Waals surface area contributed by atoms with Gasteiger partial charge in [-0.3, -0.25) is 4.79 Å². The first-order valence-electron chi connectivity index (χ1n) is 9.94. The lowest BCUT2D eigenvalue weighted by atomic mass is 10.1. The number of ether oxygens (including phenoxy) is 1. The molecule has 2 aromatic rings. The van der Waals surface area contributed by atoms with Crippen LogP contribution in [0.15, 0.2) is 65.5 Å². The van der Waals surface area contributed by atoms with Gasteiger partial charge in [-0.15, -0.1) is 24.2 Å². The Hall–Kier alpha value is -3.30. The number of carbonyl (C=O) groups is 1. The van der Waals surface area contributed by atoms with Crippen molar-refractivity contribution in [2.75, 3.05) is 26.0 Å². The quantitative estimate of drug-likeness (QED) is 0.299. The van der Waals surface area contributed by atoms with Crippen molar-refractivity contribution >= 4 is 23.1 Å². The summed E-state index contributed by atoms with van der Waals surface area (Å²) in [5.41, 5.74) is 3.14. The van der Waals surface area contributed by atoms with E-state index in [1.165, 1.54) is 11.3 Å². The van der Waals surface area contributed by atoms with Crippen molar-refractivity contribution in [3.63, 3.8) is 0 Å². The molecule has 164 valence electrons. The van der Waals surface area contributed by atoms with Gasteiger partial charge in [0.2, 0.25) is 0 Å². The van der Waals surface area contributed by atoms with Crippen LogP contribution in [-0.4, -0.2) is 36.5 Å². The number of amides is 1. The van der Waals surface area contributed by atoms with Crippen LogP contribution in [0.4, 0.5) is 5.82 Å². The second-order valence-electron chi connectivity index (χ2n) is 6.54. The summed E-state index contributed by atoms with van der Waals surface area (Å²) in [4.78, 5) is 18.8. The lowest BCUT2D eigenvalue weighted by Gasteiger charge is -2.08. The number of thiophene rings is 1. The SMILES string of the molecule is C#C.C/C=C(/C=C/Nc1ccc(-c2csc(C(=O)N(C)C)c2)cn1)C/C(=C\C)OCC. The summed E-state index contributed by atoms with van der Waals surface area (Å²) in [5.74, 6) is 1.75. The van der Waals surface area contributed by atoms with E-state index in [1.54, 1.807) is 19.0 Å². The summed E-state index contributed by atoms with van der Waals surface area (Å²) >= 11 is 1.45. The molecule has 1 amide bonds. The van der Waals surface area contributed by atoms with Crippen molar-refractivity contribution < 1.29 is 9.53 Å². The van der Waals surface area contributed by atoms with Gasteiger partial charge in [0.15, 0.2) is 0 Å². The molecule has 31 heavy (non-hydrogen) atoms. The highest BCUT2D eigenvalue weighted by Gasteiger charge is 2.12. The summed E-state index contributed by atoms with van der Waals surface area (Å²) in [6.07, 6.45) is 18.5. The average Bonchev–Trinajstić information content (AvgIpc) is 3.29. The van der Waals surface area contributed by atoms with Crippen molar-refractivity contribution in [1.29, 1.82) is 0 Å². The van der Waals surface area contributed by atoms with Crippen molar-refractivity contribution in [2.45, 2.75) is 27.2 Å². The molecule has 0 fully saturated rings. The molecule has 2 heterocycles. The number of nitrogens with zero attached hydrogens (tertiary/aromatic N) is 2. The number of pyridine rings is 1. The number of hydrogen-bond donors (Lipinski definition) is 1. The Morgan fingerprint density at radius 1 is 1.23 bits per heavy atom. The van der Waals surface area contributed by atoms with Gasteiger partial charge in [0, 0.05) is 38.5 Å². The van der Waals surface area contributed by atoms with E-state index >= 15 is 0 Å². The summed E-state index contributed by atoms with van der Waals surface area (Å²) in [6, 6.07) is 5.84. The minimum Gasteiger partial charge on any atom is -0.498 e. The molecule has 2 rings (SSSR count). The molecule has 6 heteroatoms. The molecule has 0 radical (unpaired) electrons. The Bertz CT molecular complexity index is 935. The molecule has 0 aliphatic rings. The Morgan fingerprint density at radius 2 is 1.97 bits per heavy atom. The first-order valence-corrected chi connectivity index (χ1v) is 10.8. The largest absolute Gasteiger partial charge is 0.498 e. The van der Waals surface area contributed by atoms with E-state index in [2.05, 4.69) is 29.2 Å². The number of anilines is 1. The van der Waals surface area contributed by atoms with E-state index in [1.807, 2.05) is 68.9 Å². The fourth-order valence-corrected chi connectivity index (χ4v) is 3.52. The minimum atomic E-state index is 0.0165. The van der Waals surface area contributed by atoms with Gasteiger partial charge in [0.1, 0.15) is 5.82 Å². The Kier molecular flexibility index (Phi) is 11.5. The first kappa shape index (κ1) is 25.7. The number of aromatic nitrogens is 1. The van der Waals surface area contributed by atoms with Crippen LogP contribution >= 0.6 is 11.3 Å². The lowest BCUT2D eigenvalue weighted by Crippen LogP contribution is -2.20. The van der Waals surface area contributed by atoms with Crippen molar-refractivity contribution in [1.82, 2.24) is 9.88 Å². The number of allylic oxidation sites excluding steroid dienone is 4. The predicted octanol–water partition coefficient (Wildman–Crippen LogP) is 5.96. The molecule has 0 unspecified atom stereocenters. The predicted molar refractivity (Wildman–Crippen MR) is 132 cm³/mol. The molecular formula is C25H31N3O2S. The molecule has 0 bridgehead atoms. The van der Waals surface area contributed by atoms with E-state index in [0.717, 1.165) is 39.6 Å². The van der Waals surface area contributed by atoms with E-state index in [-0.39, 0.29) is 5.91 Å². The third kappa shape index (κ3) is 8.15. The maximum atomic E-state index is 12.1. The monoisotopic (exact) mass is 437 g/mol. The summed E-state index contributed by atoms with van der Waals surface area (Å²) in [6.45, 7) is 6.66. The second kappa shape index (κ2) is 13.8. The van der Waals surface area contributed by atoms with Crippen LogP contribution in [0.2, 0.25) is 0 Å². The lowest BCUT2D eigenvalue weighted by molar-refractivity contribution is 0.0832. The number of rotatable bonds is 9. The molecule has 5 nitrogen and oxygen atoms in total. The van der Waals surface area contributed by atoms with E-state index < -0.39 is 0 Å². The zero-order valence-corrected chi connectivity index (χ0v) is 19.7. The topological polar surface area (TPSA) is 54.5 Å². The molecule has 0 atom stereocenters. The van der Waals surface area contributed by atoms with Crippen molar-refractivity contribution in [3.05, 3.63) is 70.4 Å². The Labute approximate surface area is 190 Å². The van der Waals surface area contributed by atoms with Crippen LogP contribution in [-0.2, 0) is 4.74 Å². The van der Waals surface area contributed by atoms with Crippen molar-refractivity contribution in [2.24, 2.45) is 0 Å². The zero-order chi connectivity index (χ0) is 23.2. The van der Waals surface area contributed by atoms with Crippen LogP contribution in [0.5, 0.6) is 0 Å². The standard InChI is InChI=1S/C23H29N3O2S.C2H2/c1-6-17(13-20(7-2)28-8-3)11-12-24-22-10-9-18(15-25-22)19-14-21(29-16-19)23(27)26(4)5;1-2/h6-7,9-12,14-16H,8,13H2,1-5H3,(H,24,25);1-2H/b12-11+,17-6-,20-7+;. The maximum Gasteiger partial charge on any atom is 0.263 e. The van der Waals surface area contributed by atoms with Gasteiger partial charge in [0.25, 0.3) is 5.91 Å². The van der Waals surface area contributed by atoms with E-state index in [0.29, 0.717) is 6.61 Å². The number of nitrogens with one attached hydrogen (secondary N) is 1. The van der Waals surface area contributed by atoms with Crippen molar-refractivity contribution in [3.8, 4) is 24.0 Å². The normalized spacial score (nSPS) is 11.6. The van der Waals surface area contributed by atoms with Gasteiger partial charge < -0.3 is 15.0 Å². The molecular weight excluding hydrogens is 406 g/mol. The molecule has 0 saturated carbocycles. The number of carbonyl (C=O) groups excluding carboxylic acids is 1. The fraction of sp³-hybridized carbons (Fsp3) is 0.280. The smallest absolute Gasteiger partial charge is 0.263 e. The zero-order valence-electron chi connectivity index (χ0n) is 18.9. The average molecular weight is 438 g/mol. The molecule has 2 aromatic heterocycles. The summed E-state index contributed by atoms with van der Waals surface area (Å²) in [7, 11) is 3.51. The highest BCUT2D eigenvalue weighted by molar-refractivity contribution is 7.12. The third-order valence-corrected chi connectivity index (χ3v) is 5.16. The van der Waals surface area contributed by atoms with Gasteiger partial charge in [-0.2, -0.15) is 0 Å². The Balaban J connectivity index is 0.00000233. The molecule has 0 aliphatic heterocycles. The van der Waals surface area contributed by atoms with E-state index in [4.69, 9.17) is 4.74 Å². The highest BCUT2D eigenvalue weighted by atomic mass is 32.1. The van der Waals surface area contributed by atoms with Crippen LogP contribution < -0.4 is 5.32 Å². The second-order valence-corrected chi connectivity index (χ2v) is 7.45. The molecule has 1 N–H and O–H groups in total. The van der Waals surface area contributed by atoms with Crippen LogP contribution in [0.25, 0.3) is 11.1 Å². The van der Waals surface area contributed by atoms with Gasteiger partial charge in [-0.1, -0.05) is 6.08 Å². The fourth-order valence-electron chi connectivity index (χ4n) is 2.58. The number of terminal acetylenes is 1. The summed E-state index contributed by atoms with van der Waals surface area (Å²) < 4.78 is 5.60. The molecule has 0 aliphatic carbocycles. The van der Waals surface area contributed by atoms with Gasteiger partial charge in [-0.25, -0.2) is 4.98 Å². The molecule has 0 spiro atoms. The molecule has 0 aromatic carbocycles. The Morgan fingerprint density at radius 3 is 2.52 bits per heavy atom. The van der Waals surface area contributed by atoms with E-state index in [9.17, 15) is 4.79 Å².